The molecule has 0 aromatic heterocycles. The highest BCUT2D eigenvalue weighted by molar-refractivity contribution is 5.34. The molecule has 25 heavy (non-hydrogen) atoms. The van der Waals surface area contributed by atoms with Crippen LogP contribution in [0.3, 0.4) is 0 Å². The van der Waals surface area contributed by atoms with Gasteiger partial charge in [0.2, 0.25) is 0 Å². The molecule has 3 fully saturated rings. The normalized spacial score (nSPS) is 28.1. The van der Waals surface area contributed by atoms with Crippen LogP contribution < -0.4 is 10.1 Å². The summed E-state index contributed by atoms with van der Waals surface area (Å²) in [5.41, 5.74) is 2.39. The molecule has 0 saturated carbocycles. The van der Waals surface area contributed by atoms with Gasteiger partial charge < -0.3 is 10.1 Å². The summed E-state index contributed by atoms with van der Waals surface area (Å²) in [5.74, 6) is 1.05. The van der Waals surface area contributed by atoms with Crippen LogP contribution in [0.25, 0.3) is 0 Å². The number of benzene rings is 2. The molecular weight excluding hydrogens is 315 g/mol. The van der Waals surface area contributed by atoms with Crippen LogP contribution in [0.4, 0.5) is 4.39 Å². The van der Waals surface area contributed by atoms with Gasteiger partial charge in [0.1, 0.15) is 11.6 Å². The second-order valence-electron chi connectivity index (χ2n) is 7.09. The van der Waals surface area contributed by atoms with E-state index in [2.05, 4.69) is 40.5 Å². The monoisotopic (exact) mass is 340 g/mol. The molecule has 0 aliphatic carbocycles. The maximum Gasteiger partial charge on any atom is 0.126 e. The summed E-state index contributed by atoms with van der Waals surface area (Å²) in [6.07, 6.45) is 2.50. The number of nitrogens with one attached hydrogen (secondary N) is 1. The van der Waals surface area contributed by atoms with Gasteiger partial charge in [0.25, 0.3) is 0 Å². The molecule has 2 aromatic rings. The van der Waals surface area contributed by atoms with E-state index in [4.69, 9.17) is 4.74 Å². The first-order chi connectivity index (χ1) is 12.3. The Morgan fingerprint density at radius 1 is 1.12 bits per heavy atom. The lowest BCUT2D eigenvalue weighted by molar-refractivity contribution is 0.0112. The molecule has 2 bridgehead atoms. The van der Waals surface area contributed by atoms with Gasteiger partial charge in [0.15, 0.2) is 0 Å². The molecular formula is C21H25FN2O. The van der Waals surface area contributed by atoms with Crippen molar-refractivity contribution in [1.82, 2.24) is 10.2 Å². The van der Waals surface area contributed by atoms with Crippen LogP contribution in [0.5, 0.6) is 5.75 Å². The number of halogens is 1. The molecule has 4 heteroatoms. The van der Waals surface area contributed by atoms with Crippen molar-refractivity contribution in [2.75, 3.05) is 20.2 Å². The second-order valence-corrected chi connectivity index (χ2v) is 7.09. The predicted octanol–water partition coefficient (Wildman–Crippen LogP) is 3.76. The third-order valence-electron chi connectivity index (χ3n) is 5.73. The van der Waals surface area contributed by atoms with Crippen LogP contribution in [-0.2, 0) is 6.54 Å². The third-order valence-corrected chi connectivity index (χ3v) is 5.73. The first kappa shape index (κ1) is 16.6. The van der Waals surface area contributed by atoms with Crippen LogP contribution >= 0.6 is 0 Å². The molecule has 1 N–H and O–H groups in total. The number of rotatable bonds is 5. The molecule has 0 radical (unpaired) electrons. The zero-order chi connectivity index (χ0) is 17.2. The molecule has 3 aliphatic heterocycles. The van der Waals surface area contributed by atoms with E-state index >= 15 is 0 Å². The minimum absolute atomic E-state index is 0.259. The van der Waals surface area contributed by atoms with Gasteiger partial charge in [0, 0.05) is 24.2 Å². The Morgan fingerprint density at radius 2 is 1.88 bits per heavy atom. The number of hydrogen-bond donors (Lipinski definition) is 1. The van der Waals surface area contributed by atoms with Gasteiger partial charge in [-0.3, -0.25) is 4.90 Å². The van der Waals surface area contributed by atoms with Crippen LogP contribution in [0.2, 0.25) is 0 Å². The van der Waals surface area contributed by atoms with E-state index in [1.54, 1.807) is 7.11 Å². The quantitative estimate of drug-likeness (QED) is 0.897. The molecule has 3 saturated heterocycles. The lowest BCUT2D eigenvalue weighted by Crippen LogP contribution is -2.57. The summed E-state index contributed by atoms with van der Waals surface area (Å²) in [6.45, 7) is 3.06. The van der Waals surface area contributed by atoms with Gasteiger partial charge in [-0.1, -0.05) is 36.4 Å². The van der Waals surface area contributed by atoms with E-state index in [-0.39, 0.29) is 5.82 Å². The van der Waals surface area contributed by atoms with Gasteiger partial charge >= 0.3 is 0 Å². The number of nitrogens with zero attached hydrogens (tertiary/aromatic N) is 1. The highest BCUT2D eigenvalue weighted by Crippen LogP contribution is 2.41. The fourth-order valence-corrected chi connectivity index (χ4v) is 4.48. The van der Waals surface area contributed by atoms with Crippen molar-refractivity contribution in [1.29, 1.82) is 0 Å². The summed E-state index contributed by atoms with van der Waals surface area (Å²) < 4.78 is 18.8. The van der Waals surface area contributed by atoms with Crippen LogP contribution in [-0.4, -0.2) is 31.1 Å². The molecule has 132 valence electrons. The van der Waals surface area contributed by atoms with Crippen molar-refractivity contribution in [2.24, 2.45) is 5.92 Å². The Balaban J connectivity index is 1.55. The van der Waals surface area contributed by atoms with Crippen molar-refractivity contribution in [3.8, 4) is 5.75 Å². The van der Waals surface area contributed by atoms with Crippen molar-refractivity contribution < 1.29 is 9.13 Å². The number of piperidine rings is 3. The zero-order valence-electron chi connectivity index (χ0n) is 14.6. The Morgan fingerprint density at radius 3 is 2.60 bits per heavy atom. The lowest BCUT2D eigenvalue weighted by atomic mass is 9.76. The van der Waals surface area contributed by atoms with Crippen LogP contribution in [0, 0.1) is 11.7 Å². The maximum absolute atomic E-state index is 13.4. The molecule has 5 rings (SSSR count). The second kappa shape index (κ2) is 7.14. The van der Waals surface area contributed by atoms with Gasteiger partial charge in [-0.15, -0.1) is 0 Å². The molecule has 0 amide bonds. The van der Waals surface area contributed by atoms with Crippen molar-refractivity contribution in [2.45, 2.75) is 31.5 Å². The molecule has 2 aromatic carbocycles. The lowest BCUT2D eigenvalue weighted by Gasteiger charge is -2.51. The average Bonchev–Trinajstić information content (AvgIpc) is 2.68. The van der Waals surface area contributed by atoms with Crippen LogP contribution in [0.1, 0.15) is 30.0 Å². The van der Waals surface area contributed by atoms with E-state index in [0.29, 0.717) is 30.3 Å². The Kier molecular flexibility index (Phi) is 4.73. The largest absolute Gasteiger partial charge is 0.496 e. The zero-order valence-corrected chi connectivity index (χ0v) is 14.6. The van der Waals surface area contributed by atoms with E-state index in [1.165, 1.54) is 43.6 Å². The first-order valence-electron chi connectivity index (χ1n) is 9.11. The van der Waals surface area contributed by atoms with Gasteiger partial charge in [0.05, 0.1) is 13.2 Å². The molecule has 3 aliphatic rings. The van der Waals surface area contributed by atoms with Gasteiger partial charge in [-0.25, -0.2) is 4.39 Å². The molecule has 3 nitrogen and oxygen atoms in total. The highest BCUT2D eigenvalue weighted by Gasteiger charge is 2.42. The summed E-state index contributed by atoms with van der Waals surface area (Å²) in [7, 11) is 1.60. The van der Waals surface area contributed by atoms with Crippen molar-refractivity contribution in [3.63, 3.8) is 0 Å². The summed E-state index contributed by atoms with van der Waals surface area (Å²) in [6, 6.07) is 16.4. The fraction of sp³-hybridized carbons (Fsp3) is 0.429. The third kappa shape index (κ3) is 3.29. The number of ether oxygens (including phenoxy) is 1. The van der Waals surface area contributed by atoms with E-state index < -0.39 is 0 Å². The highest BCUT2D eigenvalue weighted by atomic mass is 19.1. The summed E-state index contributed by atoms with van der Waals surface area (Å²) in [4.78, 5) is 2.61. The van der Waals surface area contributed by atoms with E-state index in [0.717, 1.165) is 5.56 Å². The van der Waals surface area contributed by atoms with Gasteiger partial charge in [-0.2, -0.15) is 0 Å². The van der Waals surface area contributed by atoms with E-state index in [1.807, 2.05) is 6.07 Å². The number of methoxy groups -OCH3 is 1. The standard InChI is InChI=1S/C21H25FN2O/c1-25-19-13-18(22)8-7-17(19)14-23-20-15-9-11-24(12-10-15)21(20)16-5-3-2-4-6-16/h2-8,13,15,20-21,23H,9-12,14H2,1H3. The van der Waals surface area contributed by atoms with Gasteiger partial charge in [-0.05, 0) is 43.5 Å². The minimum Gasteiger partial charge on any atom is -0.496 e. The van der Waals surface area contributed by atoms with Crippen LogP contribution in [0.15, 0.2) is 48.5 Å². The SMILES string of the molecule is COc1cc(F)ccc1CNC1C2CCN(CC2)C1c1ccccc1. The first-order valence-corrected chi connectivity index (χ1v) is 9.11. The topological polar surface area (TPSA) is 24.5 Å². The average molecular weight is 340 g/mol. The van der Waals surface area contributed by atoms with Crippen molar-refractivity contribution >= 4 is 0 Å². The minimum atomic E-state index is -0.259. The predicted molar refractivity (Wildman–Crippen MR) is 97.1 cm³/mol. The van der Waals surface area contributed by atoms with Crippen molar-refractivity contribution in [3.05, 3.63) is 65.5 Å². The maximum atomic E-state index is 13.4. The fourth-order valence-electron chi connectivity index (χ4n) is 4.48. The number of fused-ring (bicyclic) bond motifs is 3. The van der Waals surface area contributed by atoms with E-state index in [9.17, 15) is 4.39 Å². The summed E-state index contributed by atoms with van der Waals surface area (Å²) in [5, 5.41) is 3.77. The summed E-state index contributed by atoms with van der Waals surface area (Å²) >= 11 is 0. The Labute approximate surface area is 148 Å². The molecule has 2 unspecified atom stereocenters. The molecule has 0 spiro atoms. The molecule has 2 atom stereocenters. The smallest absolute Gasteiger partial charge is 0.126 e. The number of hydrogen-bond acceptors (Lipinski definition) is 3. The Bertz CT molecular complexity index is 713. The molecule has 3 heterocycles. The Hall–Kier alpha value is -1.91.